The standard InChI is InChI=1S/C30H44FN5O3/c1-21(31)15-35-18-30(19-35)9-5-10-36(20-30)29-22(2)27(12-23-8-11-38-16-23)33-28(34-29)24-6-4-7-26(13-24)39-17-25(37)14-32-3/h4,6-7,13,21,23,25,32,37H,5,8-12,14-20H2,1-3H3/t21?,23-,25?/m0/s1. The van der Waals surface area contributed by atoms with E-state index in [1.54, 1.807) is 14.0 Å². The molecule has 2 unspecified atom stereocenters. The zero-order chi connectivity index (χ0) is 27.4. The molecule has 1 aromatic carbocycles. The second-order valence-electron chi connectivity index (χ2n) is 11.9. The Labute approximate surface area is 231 Å². The molecule has 0 aliphatic carbocycles. The fourth-order valence-electron chi connectivity index (χ4n) is 6.45. The third-order valence-corrected chi connectivity index (χ3v) is 8.29. The average molecular weight is 542 g/mol. The molecule has 8 nitrogen and oxygen atoms in total. The molecule has 0 radical (unpaired) electrons. The molecule has 3 aliphatic heterocycles. The number of anilines is 1. The minimum atomic E-state index is -0.790. The Bertz CT molecular complexity index is 1100. The van der Waals surface area contributed by atoms with Crippen LogP contribution in [0, 0.1) is 18.3 Å². The van der Waals surface area contributed by atoms with Crippen molar-refractivity contribution in [3.05, 3.63) is 35.5 Å². The van der Waals surface area contributed by atoms with Crippen LogP contribution in [0.3, 0.4) is 0 Å². The van der Waals surface area contributed by atoms with E-state index in [0.717, 1.165) is 81.3 Å². The third kappa shape index (κ3) is 6.88. The van der Waals surface area contributed by atoms with Gasteiger partial charge in [0.1, 0.15) is 30.4 Å². The highest BCUT2D eigenvalue weighted by atomic mass is 19.1. The minimum Gasteiger partial charge on any atom is -0.491 e. The summed E-state index contributed by atoms with van der Waals surface area (Å²) in [4.78, 5) is 14.9. The number of aliphatic hydroxyl groups excluding tert-OH is 1. The van der Waals surface area contributed by atoms with E-state index in [9.17, 15) is 9.50 Å². The summed E-state index contributed by atoms with van der Waals surface area (Å²) in [5.74, 6) is 2.87. The van der Waals surface area contributed by atoms with E-state index in [1.807, 2.05) is 24.3 Å². The van der Waals surface area contributed by atoms with Gasteiger partial charge in [-0.2, -0.15) is 0 Å². The van der Waals surface area contributed by atoms with Crippen LogP contribution in [0.15, 0.2) is 24.3 Å². The number of piperidine rings is 1. The molecule has 1 spiro atoms. The molecule has 1 aromatic heterocycles. The summed E-state index contributed by atoms with van der Waals surface area (Å²) in [5.41, 5.74) is 3.35. The molecule has 2 aromatic rings. The van der Waals surface area contributed by atoms with E-state index >= 15 is 0 Å². The number of likely N-dealkylation sites (tertiary alicyclic amines) is 1. The Morgan fingerprint density at radius 3 is 2.87 bits per heavy atom. The first-order valence-corrected chi connectivity index (χ1v) is 14.5. The summed E-state index contributed by atoms with van der Waals surface area (Å²) < 4.78 is 25.1. The van der Waals surface area contributed by atoms with E-state index in [0.29, 0.717) is 30.6 Å². The lowest BCUT2D eigenvalue weighted by molar-refractivity contribution is -0.0215. The molecule has 0 bridgehead atoms. The lowest BCUT2D eigenvalue weighted by Crippen LogP contribution is -2.63. The zero-order valence-corrected chi connectivity index (χ0v) is 23.7. The van der Waals surface area contributed by atoms with Crippen LogP contribution in [0.5, 0.6) is 5.75 Å². The topological polar surface area (TPSA) is 83.0 Å². The number of aromatic nitrogens is 2. The Kier molecular flexibility index (Phi) is 9.01. The first-order valence-electron chi connectivity index (χ1n) is 14.5. The largest absolute Gasteiger partial charge is 0.491 e. The van der Waals surface area contributed by atoms with E-state index in [1.165, 1.54) is 6.42 Å². The van der Waals surface area contributed by atoms with Crippen LogP contribution in [-0.4, -0.2) is 98.4 Å². The minimum absolute atomic E-state index is 0.214. The van der Waals surface area contributed by atoms with Crippen molar-refractivity contribution in [2.45, 2.75) is 51.8 Å². The first kappa shape index (κ1) is 28.2. The number of nitrogens with zero attached hydrogens (tertiary/aromatic N) is 4. The van der Waals surface area contributed by atoms with Crippen molar-refractivity contribution in [1.82, 2.24) is 20.2 Å². The molecule has 3 atom stereocenters. The van der Waals surface area contributed by atoms with Gasteiger partial charge < -0.3 is 24.8 Å². The van der Waals surface area contributed by atoms with Crippen molar-refractivity contribution in [3.63, 3.8) is 0 Å². The van der Waals surface area contributed by atoms with Gasteiger partial charge in [-0.05, 0) is 64.6 Å². The molecule has 0 saturated carbocycles. The molecular weight excluding hydrogens is 497 g/mol. The van der Waals surface area contributed by atoms with Crippen LogP contribution in [0.25, 0.3) is 11.4 Å². The van der Waals surface area contributed by atoms with Crippen molar-refractivity contribution in [3.8, 4) is 17.1 Å². The van der Waals surface area contributed by atoms with Gasteiger partial charge in [0.15, 0.2) is 5.82 Å². The van der Waals surface area contributed by atoms with E-state index < -0.39 is 12.3 Å². The van der Waals surface area contributed by atoms with Crippen LogP contribution in [-0.2, 0) is 11.2 Å². The summed E-state index contributed by atoms with van der Waals surface area (Å²) in [5, 5.41) is 13.0. The maximum absolute atomic E-state index is 13.6. The van der Waals surface area contributed by atoms with E-state index in [2.05, 4.69) is 22.0 Å². The van der Waals surface area contributed by atoms with Gasteiger partial charge in [0, 0.05) is 74.7 Å². The van der Waals surface area contributed by atoms with Gasteiger partial charge in [-0.25, -0.2) is 14.4 Å². The maximum Gasteiger partial charge on any atom is 0.161 e. The van der Waals surface area contributed by atoms with Crippen molar-refractivity contribution in [2.75, 3.05) is 71.0 Å². The molecule has 2 N–H and O–H groups in total. The number of benzene rings is 1. The van der Waals surface area contributed by atoms with Gasteiger partial charge in [-0.1, -0.05) is 12.1 Å². The molecule has 214 valence electrons. The second kappa shape index (κ2) is 12.5. The van der Waals surface area contributed by atoms with Crippen molar-refractivity contribution in [1.29, 1.82) is 0 Å². The summed E-state index contributed by atoms with van der Waals surface area (Å²) in [6.07, 6.45) is 2.86. The number of ether oxygens (including phenoxy) is 2. The predicted octanol–water partition coefficient (Wildman–Crippen LogP) is 3.25. The summed E-state index contributed by atoms with van der Waals surface area (Å²) in [7, 11) is 1.81. The van der Waals surface area contributed by atoms with Gasteiger partial charge in [0.05, 0.1) is 0 Å². The van der Waals surface area contributed by atoms with Crippen molar-refractivity contribution < 1.29 is 19.0 Å². The Balaban J connectivity index is 1.41. The average Bonchev–Trinajstić information content (AvgIpc) is 3.41. The SMILES string of the molecule is CNCC(O)COc1cccc(-c2nc(C[C@@H]3CCOC3)c(C)c(N3CCCC4(CN(CC(C)F)C4)C3)n2)c1. The molecule has 3 aliphatic rings. The van der Waals surface area contributed by atoms with Crippen molar-refractivity contribution in [2.24, 2.45) is 11.3 Å². The number of alkyl halides is 1. The van der Waals surface area contributed by atoms with E-state index in [4.69, 9.17) is 19.4 Å². The van der Waals surface area contributed by atoms with Gasteiger partial charge in [-0.15, -0.1) is 0 Å². The molecule has 4 heterocycles. The fourth-order valence-corrected chi connectivity index (χ4v) is 6.45. The normalized spacial score (nSPS) is 22.6. The zero-order valence-electron chi connectivity index (χ0n) is 23.7. The highest BCUT2D eigenvalue weighted by molar-refractivity contribution is 5.62. The first-order chi connectivity index (χ1) is 18.8. The number of hydrogen-bond donors (Lipinski definition) is 2. The molecule has 5 rings (SSSR count). The molecule has 39 heavy (non-hydrogen) atoms. The molecule has 0 amide bonds. The Morgan fingerprint density at radius 1 is 1.28 bits per heavy atom. The number of aliphatic hydroxyl groups is 1. The van der Waals surface area contributed by atoms with Gasteiger partial charge in [0.25, 0.3) is 0 Å². The molecule has 3 saturated heterocycles. The van der Waals surface area contributed by atoms with Crippen LogP contribution < -0.4 is 15.0 Å². The van der Waals surface area contributed by atoms with Crippen LogP contribution in [0.4, 0.5) is 10.2 Å². The quantitative estimate of drug-likeness (QED) is 0.449. The molecule has 3 fully saturated rings. The van der Waals surface area contributed by atoms with Gasteiger partial charge >= 0.3 is 0 Å². The monoisotopic (exact) mass is 541 g/mol. The molecule has 9 heteroatoms. The van der Waals surface area contributed by atoms with Crippen LogP contribution in [0.1, 0.15) is 37.4 Å². The number of nitrogens with one attached hydrogen (secondary N) is 1. The maximum atomic E-state index is 13.6. The highest BCUT2D eigenvalue weighted by Crippen LogP contribution is 2.41. The molecular formula is C30H44FN5O3. The lowest BCUT2D eigenvalue weighted by atomic mass is 9.73. The second-order valence-corrected chi connectivity index (χ2v) is 11.9. The van der Waals surface area contributed by atoms with Crippen molar-refractivity contribution >= 4 is 5.82 Å². The fraction of sp³-hybridized carbons (Fsp3) is 0.667. The van der Waals surface area contributed by atoms with Gasteiger partial charge in [0.2, 0.25) is 0 Å². The number of hydrogen-bond acceptors (Lipinski definition) is 8. The summed E-state index contributed by atoms with van der Waals surface area (Å²) in [6, 6.07) is 7.83. The summed E-state index contributed by atoms with van der Waals surface area (Å²) >= 11 is 0. The lowest BCUT2D eigenvalue weighted by Gasteiger charge is -2.55. The predicted molar refractivity (Wildman–Crippen MR) is 151 cm³/mol. The van der Waals surface area contributed by atoms with Gasteiger partial charge in [-0.3, -0.25) is 4.90 Å². The Morgan fingerprint density at radius 2 is 2.13 bits per heavy atom. The number of rotatable bonds is 11. The highest BCUT2D eigenvalue weighted by Gasteiger charge is 2.46. The third-order valence-electron chi connectivity index (χ3n) is 8.29. The summed E-state index contributed by atoms with van der Waals surface area (Å²) in [6.45, 7) is 10.4. The van der Waals surface area contributed by atoms with Crippen LogP contribution >= 0.6 is 0 Å². The van der Waals surface area contributed by atoms with E-state index in [-0.39, 0.29) is 12.0 Å². The smallest absolute Gasteiger partial charge is 0.161 e. The number of halogens is 1. The number of likely N-dealkylation sites (N-methyl/N-ethyl adjacent to an activating group) is 1. The van der Waals surface area contributed by atoms with Crippen LogP contribution in [0.2, 0.25) is 0 Å². The Hall–Kier alpha value is -2.33.